The minimum Gasteiger partial charge on any atom is -0.374 e. The van der Waals surface area contributed by atoms with Crippen LogP contribution in [0.4, 0.5) is 0 Å². The lowest BCUT2D eigenvalue weighted by atomic mass is 10.1. The molecule has 2 heterocycles. The van der Waals surface area contributed by atoms with Gasteiger partial charge in [-0.1, -0.05) is 13.8 Å². The molecule has 1 N–H and O–H groups in total. The molecule has 2 rings (SSSR count). The molecule has 0 spiro atoms. The summed E-state index contributed by atoms with van der Waals surface area (Å²) in [5.74, 6) is 0.752. The summed E-state index contributed by atoms with van der Waals surface area (Å²) >= 11 is 0. The lowest BCUT2D eigenvalue weighted by Crippen LogP contribution is -2.55. The van der Waals surface area contributed by atoms with Crippen molar-refractivity contribution in [3.05, 3.63) is 0 Å². The molecule has 0 radical (unpaired) electrons. The van der Waals surface area contributed by atoms with Crippen LogP contribution in [-0.2, 0) is 4.74 Å². The van der Waals surface area contributed by atoms with Gasteiger partial charge in [0.15, 0.2) is 0 Å². The highest BCUT2D eigenvalue weighted by molar-refractivity contribution is 4.81. The van der Waals surface area contributed by atoms with Crippen LogP contribution in [0.25, 0.3) is 0 Å². The topological polar surface area (TPSA) is 27.7 Å². The second kappa shape index (κ2) is 6.85. The van der Waals surface area contributed by atoms with E-state index in [1.807, 2.05) is 0 Å². The maximum atomic E-state index is 5.94. The fraction of sp³-hybridized carbons (Fsp3) is 1.00. The summed E-state index contributed by atoms with van der Waals surface area (Å²) in [6, 6.07) is 0.642. The summed E-state index contributed by atoms with van der Waals surface area (Å²) in [7, 11) is 0. The van der Waals surface area contributed by atoms with E-state index in [9.17, 15) is 0 Å². The van der Waals surface area contributed by atoms with E-state index in [0.29, 0.717) is 12.1 Å². The monoisotopic (exact) mass is 255 g/mol. The largest absolute Gasteiger partial charge is 0.374 e. The molecule has 106 valence electrons. The highest BCUT2D eigenvalue weighted by Gasteiger charge is 2.26. The quantitative estimate of drug-likeness (QED) is 0.798. The normalized spacial score (nSPS) is 32.0. The van der Waals surface area contributed by atoms with Gasteiger partial charge >= 0.3 is 0 Å². The van der Waals surface area contributed by atoms with Crippen LogP contribution in [0.3, 0.4) is 0 Å². The molecule has 2 fully saturated rings. The molecule has 4 heteroatoms. The molecule has 0 aliphatic carbocycles. The lowest BCUT2D eigenvalue weighted by molar-refractivity contribution is -0.0521. The van der Waals surface area contributed by atoms with Gasteiger partial charge in [0.1, 0.15) is 0 Å². The van der Waals surface area contributed by atoms with Gasteiger partial charge in [0.05, 0.1) is 12.7 Å². The van der Waals surface area contributed by atoms with E-state index in [2.05, 4.69) is 35.9 Å². The van der Waals surface area contributed by atoms with Crippen molar-refractivity contribution >= 4 is 0 Å². The van der Waals surface area contributed by atoms with Crippen molar-refractivity contribution in [1.29, 1.82) is 0 Å². The van der Waals surface area contributed by atoms with Crippen LogP contribution in [0.2, 0.25) is 0 Å². The van der Waals surface area contributed by atoms with Crippen molar-refractivity contribution in [3.63, 3.8) is 0 Å². The zero-order valence-corrected chi connectivity index (χ0v) is 12.2. The van der Waals surface area contributed by atoms with E-state index >= 15 is 0 Å². The van der Waals surface area contributed by atoms with Crippen LogP contribution in [0.5, 0.6) is 0 Å². The van der Waals surface area contributed by atoms with Gasteiger partial charge in [-0.25, -0.2) is 0 Å². The summed E-state index contributed by atoms with van der Waals surface area (Å²) in [5, 5.41) is 3.44. The molecule has 0 aromatic carbocycles. The number of hydrogen-bond acceptors (Lipinski definition) is 4. The van der Waals surface area contributed by atoms with Gasteiger partial charge in [0, 0.05) is 51.9 Å². The lowest BCUT2D eigenvalue weighted by Gasteiger charge is -2.40. The fourth-order valence-electron chi connectivity index (χ4n) is 2.99. The summed E-state index contributed by atoms with van der Waals surface area (Å²) < 4.78 is 5.94. The summed E-state index contributed by atoms with van der Waals surface area (Å²) in [6.45, 7) is 15.7. The average molecular weight is 255 g/mol. The Balaban J connectivity index is 1.77. The first-order valence-corrected chi connectivity index (χ1v) is 7.44. The Morgan fingerprint density at radius 1 is 1.33 bits per heavy atom. The second-order valence-corrected chi connectivity index (χ2v) is 6.19. The van der Waals surface area contributed by atoms with Crippen LogP contribution in [0, 0.1) is 5.92 Å². The molecule has 2 saturated heterocycles. The number of nitrogens with one attached hydrogen (secondary N) is 1. The number of nitrogens with zero attached hydrogens (tertiary/aromatic N) is 2. The molecule has 0 aromatic heterocycles. The molecule has 2 aliphatic heterocycles. The van der Waals surface area contributed by atoms with Crippen LogP contribution in [0.15, 0.2) is 0 Å². The molecular formula is C14H29N3O. The molecule has 18 heavy (non-hydrogen) atoms. The Hall–Kier alpha value is -0.160. The molecule has 0 amide bonds. The van der Waals surface area contributed by atoms with Gasteiger partial charge < -0.3 is 10.1 Å². The minimum atomic E-state index is 0.401. The van der Waals surface area contributed by atoms with Crippen molar-refractivity contribution in [3.8, 4) is 0 Å². The maximum Gasteiger partial charge on any atom is 0.0829 e. The van der Waals surface area contributed by atoms with Crippen LogP contribution in [-0.4, -0.2) is 74.4 Å². The molecule has 4 nitrogen and oxygen atoms in total. The van der Waals surface area contributed by atoms with Gasteiger partial charge in [0.2, 0.25) is 0 Å². The van der Waals surface area contributed by atoms with Crippen LogP contribution >= 0.6 is 0 Å². The van der Waals surface area contributed by atoms with Crippen LogP contribution < -0.4 is 5.32 Å². The summed E-state index contributed by atoms with van der Waals surface area (Å²) in [4.78, 5) is 5.13. The SMILES string of the molecule is CC(C)CN1CCOC(CN2CCNCC2C)C1. The zero-order chi connectivity index (χ0) is 13.0. The number of hydrogen-bond donors (Lipinski definition) is 1. The number of piperazine rings is 1. The van der Waals surface area contributed by atoms with E-state index in [0.717, 1.165) is 51.8 Å². The van der Waals surface area contributed by atoms with Crippen molar-refractivity contribution in [2.75, 3.05) is 52.4 Å². The van der Waals surface area contributed by atoms with E-state index in [1.165, 1.54) is 6.54 Å². The van der Waals surface area contributed by atoms with Crippen LogP contribution in [0.1, 0.15) is 20.8 Å². The van der Waals surface area contributed by atoms with Crippen molar-refractivity contribution < 1.29 is 4.74 Å². The van der Waals surface area contributed by atoms with Crippen molar-refractivity contribution in [2.24, 2.45) is 5.92 Å². The Morgan fingerprint density at radius 2 is 2.17 bits per heavy atom. The summed E-state index contributed by atoms with van der Waals surface area (Å²) in [5.41, 5.74) is 0. The first kappa shape index (κ1) is 14.3. The zero-order valence-electron chi connectivity index (χ0n) is 12.2. The Morgan fingerprint density at radius 3 is 2.89 bits per heavy atom. The third-order valence-electron chi connectivity index (χ3n) is 3.92. The molecular weight excluding hydrogens is 226 g/mol. The molecule has 2 unspecified atom stereocenters. The number of morpholine rings is 1. The van der Waals surface area contributed by atoms with E-state index in [4.69, 9.17) is 4.74 Å². The van der Waals surface area contributed by atoms with Gasteiger partial charge in [0.25, 0.3) is 0 Å². The third kappa shape index (κ3) is 4.19. The Kier molecular flexibility index (Phi) is 5.42. The van der Waals surface area contributed by atoms with E-state index in [1.54, 1.807) is 0 Å². The van der Waals surface area contributed by atoms with E-state index < -0.39 is 0 Å². The maximum absolute atomic E-state index is 5.94. The molecule has 0 bridgehead atoms. The van der Waals surface area contributed by atoms with Gasteiger partial charge in [-0.3, -0.25) is 9.80 Å². The fourth-order valence-corrected chi connectivity index (χ4v) is 2.99. The van der Waals surface area contributed by atoms with Crippen molar-refractivity contribution in [1.82, 2.24) is 15.1 Å². The first-order chi connectivity index (χ1) is 8.65. The molecule has 2 atom stereocenters. The summed E-state index contributed by atoms with van der Waals surface area (Å²) in [6.07, 6.45) is 0.401. The average Bonchev–Trinajstić information content (AvgIpc) is 2.32. The standard InChI is InChI=1S/C14H29N3O/c1-12(2)9-16-6-7-18-14(10-16)11-17-5-4-15-8-13(17)3/h12-15H,4-11H2,1-3H3. The van der Waals surface area contributed by atoms with Gasteiger partial charge in [-0.15, -0.1) is 0 Å². The third-order valence-corrected chi connectivity index (χ3v) is 3.92. The van der Waals surface area contributed by atoms with Gasteiger partial charge in [-0.05, 0) is 12.8 Å². The minimum absolute atomic E-state index is 0.401. The van der Waals surface area contributed by atoms with Crippen molar-refractivity contribution in [2.45, 2.75) is 32.9 Å². The smallest absolute Gasteiger partial charge is 0.0829 e. The van der Waals surface area contributed by atoms with Gasteiger partial charge in [-0.2, -0.15) is 0 Å². The Labute approximate surface area is 112 Å². The number of rotatable bonds is 4. The first-order valence-electron chi connectivity index (χ1n) is 7.44. The Bertz CT molecular complexity index is 247. The van der Waals surface area contributed by atoms with E-state index in [-0.39, 0.29) is 0 Å². The second-order valence-electron chi connectivity index (χ2n) is 6.19. The number of ether oxygens (including phenoxy) is 1. The molecule has 0 aromatic rings. The molecule has 0 saturated carbocycles. The molecule has 2 aliphatic rings. The predicted molar refractivity (Wildman–Crippen MR) is 74.9 cm³/mol. The highest BCUT2D eigenvalue weighted by atomic mass is 16.5. The highest BCUT2D eigenvalue weighted by Crippen LogP contribution is 2.11. The predicted octanol–water partition coefficient (Wildman–Crippen LogP) is 0.637.